The molecule has 1 aliphatic rings. The molecule has 8 heteroatoms. The zero-order chi connectivity index (χ0) is 20.1. The van der Waals surface area contributed by atoms with Gasteiger partial charge in [-0.1, -0.05) is 17.7 Å². The van der Waals surface area contributed by atoms with E-state index in [0.717, 1.165) is 11.1 Å². The molecule has 0 bridgehead atoms. The Bertz CT molecular complexity index is 885. The first-order chi connectivity index (χ1) is 13.4. The molecule has 2 aromatic rings. The van der Waals surface area contributed by atoms with E-state index < -0.39 is 18.5 Å². The molecule has 0 aromatic heterocycles. The van der Waals surface area contributed by atoms with E-state index in [4.69, 9.17) is 30.5 Å². The van der Waals surface area contributed by atoms with Crippen molar-refractivity contribution in [2.75, 3.05) is 20.0 Å². The average molecular weight is 406 g/mol. The summed E-state index contributed by atoms with van der Waals surface area (Å²) in [5, 5.41) is 3.35. The molecule has 1 heterocycles. The third kappa shape index (κ3) is 5.07. The Kier molecular flexibility index (Phi) is 6.26. The molecule has 0 radical (unpaired) electrons. The van der Waals surface area contributed by atoms with Gasteiger partial charge in [-0.15, -0.1) is 0 Å². The van der Waals surface area contributed by atoms with Gasteiger partial charge in [0.25, 0.3) is 5.91 Å². The Labute approximate surface area is 167 Å². The second-order valence-corrected chi connectivity index (χ2v) is 6.70. The Hall–Kier alpha value is -2.93. The number of rotatable bonds is 7. The van der Waals surface area contributed by atoms with Gasteiger partial charge in [0.05, 0.1) is 6.04 Å². The van der Waals surface area contributed by atoms with Gasteiger partial charge in [0, 0.05) is 5.02 Å². The number of nitrogens with one attached hydrogen (secondary N) is 1. The number of carbonyl (C=O) groups is 2. The molecule has 0 aliphatic carbocycles. The van der Waals surface area contributed by atoms with Crippen LogP contribution in [-0.2, 0) is 14.3 Å². The number of benzene rings is 2. The van der Waals surface area contributed by atoms with Crippen LogP contribution in [0, 0.1) is 6.92 Å². The summed E-state index contributed by atoms with van der Waals surface area (Å²) in [5.41, 5.74) is 1.65. The maximum Gasteiger partial charge on any atom is 0.344 e. The third-order valence-corrected chi connectivity index (χ3v) is 4.36. The van der Waals surface area contributed by atoms with Gasteiger partial charge >= 0.3 is 5.97 Å². The highest BCUT2D eigenvalue weighted by atomic mass is 35.5. The van der Waals surface area contributed by atoms with Crippen molar-refractivity contribution in [1.29, 1.82) is 0 Å². The van der Waals surface area contributed by atoms with Crippen LogP contribution in [0.4, 0.5) is 0 Å². The summed E-state index contributed by atoms with van der Waals surface area (Å²) in [5.74, 6) is 0.787. The second kappa shape index (κ2) is 8.84. The molecule has 0 saturated heterocycles. The Morgan fingerprint density at radius 2 is 1.93 bits per heavy atom. The topological polar surface area (TPSA) is 83.1 Å². The van der Waals surface area contributed by atoms with Crippen LogP contribution in [0.5, 0.6) is 17.2 Å². The number of carbonyl (C=O) groups excluding carboxylic acids is 2. The summed E-state index contributed by atoms with van der Waals surface area (Å²) >= 11 is 5.87. The fourth-order valence-corrected chi connectivity index (χ4v) is 2.87. The number of hydrogen-bond donors (Lipinski definition) is 1. The van der Waals surface area contributed by atoms with Crippen molar-refractivity contribution in [3.05, 3.63) is 52.5 Å². The maximum atomic E-state index is 12.0. The number of ether oxygens (including phenoxy) is 4. The Morgan fingerprint density at radius 1 is 1.14 bits per heavy atom. The quantitative estimate of drug-likeness (QED) is 0.712. The number of hydrogen-bond acceptors (Lipinski definition) is 6. The summed E-state index contributed by atoms with van der Waals surface area (Å²) in [7, 11) is 0. The molecule has 0 spiro atoms. The fraction of sp³-hybridized carbons (Fsp3) is 0.300. The van der Waals surface area contributed by atoms with E-state index in [2.05, 4.69) is 5.32 Å². The van der Waals surface area contributed by atoms with Gasteiger partial charge in [0.2, 0.25) is 6.79 Å². The van der Waals surface area contributed by atoms with Crippen molar-refractivity contribution in [2.45, 2.75) is 19.9 Å². The zero-order valence-corrected chi connectivity index (χ0v) is 16.2. The van der Waals surface area contributed by atoms with Crippen molar-refractivity contribution in [1.82, 2.24) is 5.32 Å². The van der Waals surface area contributed by atoms with Crippen molar-refractivity contribution in [3.8, 4) is 17.2 Å². The summed E-state index contributed by atoms with van der Waals surface area (Å²) in [4.78, 5) is 23.8. The lowest BCUT2D eigenvalue weighted by Gasteiger charge is -2.15. The zero-order valence-electron chi connectivity index (χ0n) is 15.5. The SMILES string of the molecule is Cc1cc(Cl)ccc1OCC(=O)OCC(=O)N[C@@H](C)c1ccc2c(c1)OCO2. The van der Waals surface area contributed by atoms with Crippen LogP contribution >= 0.6 is 11.6 Å². The summed E-state index contributed by atoms with van der Waals surface area (Å²) in [6.45, 7) is 3.14. The van der Waals surface area contributed by atoms with Gasteiger partial charge < -0.3 is 24.3 Å². The maximum absolute atomic E-state index is 12.0. The van der Waals surface area contributed by atoms with E-state index in [9.17, 15) is 9.59 Å². The molecule has 0 saturated carbocycles. The van der Waals surface area contributed by atoms with E-state index in [-0.39, 0.29) is 19.4 Å². The molecule has 28 heavy (non-hydrogen) atoms. The van der Waals surface area contributed by atoms with Gasteiger partial charge in [0.1, 0.15) is 5.75 Å². The van der Waals surface area contributed by atoms with Crippen LogP contribution in [0.2, 0.25) is 5.02 Å². The van der Waals surface area contributed by atoms with E-state index >= 15 is 0 Å². The number of amides is 1. The molecule has 1 amide bonds. The molecule has 1 aliphatic heterocycles. The molecule has 2 aromatic carbocycles. The van der Waals surface area contributed by atoms with E-state index in [0.29, 0.717) is 22.3 Å². The van der Waals surface area contributed by atoms with E-state index in [1.54, 1.807) is 24.3 Å². The Balaban J connectivity index is 1.42. The molecule has 7 nitrogen and oxygen atoms in total. The number of aryl methyl sites for hydroxylation is 1. The van der Waals surface area contributed by atoms with Crippen LogP contribution in [0.15, 0.2) is 36.4 Å². The number of halogens is 1. The van der Waals surface area contributed by atoms with Crippen molar-refractivity contribution < 1.29 is 28.5 Å². The molecule has 0 unspecified atom stereocenters. The molecular formula is C20H20ClNO6. The van der Waals surface area contributed by atoms with Gasteiger partial charge in [0.15, 0.2) is 24.7 Å². The summed E-state index contributed by atoms with van der Waals surface area (Å²) in [6, 6.07) is 10.2. The van der Waals surface area contributed by atoms with Gasteiger partial charge in [-0.05, 0) is 55.3 Å². The van der Waals surface area contributed by atoms with Crippen LogP contribution in [-0.4, -0.2) is 31.9 Å². The van der Waals surface area contributed by atoms with E-state index in [1.165, 1.54) is 0 Å². The van der Waals surface area contributed by atoms with Gasteiger partial charge in [-0.3, -0.25) is 4.79 Å². The van der Waals surface area contributed by atoms with Crippen LogP contribution in [0.1, 0.15) is 24.1 Å². The minimum atomic E-state index is -0.639. The lowest BCUT2D eigenvalue weighted by molar-refractivity contribution is -0.150. The fourth-order valence-electron chi connectivity index (χ4n) is 2.65. The monoisotopic (exact) mass is 405 g/mol. The van der Waals surface area contributed by atoms with Crippen LogP contribution in [0.3, 0.4) is 0 Å². The predicted octanol–water partition coefficient (Wildman–Crippen LogP) is 3.18. The lowest BCUT2D eigenvalue weighted by Crippen LogP contribution is -2.32. The highest BCUT2D eigenvalue weighted by molar-refractivity contribution is 6.30. The molecular weight excluding hydrogens is 386 g/mol. The van der Waals surface area contributed by atoms with E-state index in [1.807, 2.05) is 26.0 Å². The molecule has 3 rings (SSSR count). The highest BCUT2D eigenvalue weighted by Gasteiger charge is 2.17. The third-order valence-electron chi connectivity index (χ3n) is 4.12. The smallest absolute Gasteiger partial charge is 0.344 e. The standard InChI is InChI=1S/C20H20ClNO6/c1-12-7-15(21)4-6-16(12)25-10-20(24)26-9-19(23)22-13(2)14-3-5-17-18(8-14)28-11-27-17/h3-8,13H,9-11H2,1-2H3,(H,22,23)/t13-/m0/s1. The second-order valence-electron chi connectivity index (χ2n) is 6.26. The molecule has 1 N–H and O–H groups in total. The van der Waals surface area contributed by atoms with Crippen molar-refractivity contribution >= 4 is 23.5 Å². The van der Waals surface area contributed by atoms with Gasteiger partial charge in [-0.25, -0.2) is 4.79 Å². The highest BCUT2D eigenvalue weighted by Crippen LogP contribution is 2.34. The van der Waals surface area contributed by atoms with Crippen LogP contribution < -0.4 is 19.5 Å². The largest absolute Gasteiger partial charge is 0.482 e. The summed E-state index contributed by atoms with van der Waals surface area (Å²) in [6.07, 6.45) is 0. The molecule has 148 valence electrons. The first kappa shape index (κ1) is 19.8. The number of esters is 1. The molecule has 1 atom stereocenters. The first-order valence-electron chi connectivity index (χ1n) is 8.66. The minimum Gasteiger partial charge on any atom is -0.482 e. The normalized spacial score (nSPS) is 13.0. The summed E-state index contributed by atoms with van der Waals surface area (Å²) < 4.78 is 20.9. The first-order valence-corrected chi connectivity index (χ1v) is 9.03. The lowest BCUT2D eigenvalue weighted by atomic mass is 10.1. The molecule has 0 fully saturated rings. The number of fused-ring (bicyclic) bond motifs is 1. The van der Waals surface area contributed by atoms with Gasteiger partial charge in [-0.2, -0.15) is 0 Å². The average Bonchev–Trinajstić information content (AvgIpc) is 3.13. The van der Waals surface area contributed by atoms with Crippen molar-refractivity contribution in [2.24, 2.45) is 0 Å². The minimum absolute atomic E-state index is 0.188. The Morgan fingerprint density at radius 3 is 2.71 bits per heavy atom. The van der Waals surface area contributed by atoms with Crippen molar-refractivity contribution in [3.63, 3.8) is 0 Å². The van der Waals surface area contributed by atoms with Crippen LogP contribution in [0.25, 0.3) is 0 Å². The predicted molar refractivity (Wildman–Crippen MR) is 102 cm³/mol.